The van der Waals surface area contributed by atoms with E-state index < -0.39 is 5.60 Å². The third-order valence-electron chi connectivity index (χ3n) is 3.44. The first-order valence-corrected chi connectivity index (χ1v) is 7.74. The summed E-state index contributed by atoms with van der Waals surface area (Å²) in [6.07, 6.45) is 3.26. The summed E-state index contributed by atoms with van der Waals surface area (Å²) in [5.74, 6) is 0.805. The van der Waals surface area contributed by atoms with Crippen molar-refractivity contribution in [2.75, 3.05) is 39.8 Å². The maximum atomic E-state index is 11.7. The van der Waals surface area contributed by atoms with Crippen molar-refractivity contribution < 1.29 is 9.53 Å². The van der Waals surface area contributed by atoms with Crippen molar-refractivity contribution in [1.82, 2.24) is 15.5 Å². The first-order chi connectivity index (χ1) is 9.38. The minimum Gasteiger partial charge on any atom is -0.444 e. The predicted molar refractivity (Wildman–Crippen MR) is 81.9 cm³/mol. The molecule has 0 spiro atoms. The summed E-state index contributed by atoms with van der Waals surface area (Å²) in [5.41, 5.74) is -0.418. The van der Waals surface area contributed by atoms with Gasteiger partial charge in [-0.25, -0.2) is 4.79 Å². The smallest absolute Gasteiger partial charge is 0.410 e. The highest BCUT2D eigenvalue weighted by molar-refractivity contribution is 5.67. The van der Waals surface area contributed by atoms with E-state index in [9.17, 15) is 4.79 Å². The molecule has 0 aromatic rings. The lowest BCUT2D eigenvalue weighted by Crippen LogP contribution is -2.36. The van der Waals surface area contributed by atoms with E-state index in [-0.39, 0.29) is 6.09 Å². The standard InChI is InChI=1S/C15H31N3O2/c1-15(2,3)20-14(19)18(4)11-5-8-17-12-13-6-9-16-10-7-13/h13,16-17H,5-12H2,1-4H3. The fourth-order valence-corrected chi connectivity index (χ4v) is 2.26. The Morgan fingerprint density at radius 1 is 1.35 bits per heavy atom. The summed E-state index contributed by atoms with van der Waals surface area (Å²) in [6, 6.07) is 0. The Balaban J connectivity index is 2.03. The van der Waals surface area contributed by atoms with Crippen LogP contribution >= 0.6 is 0 Å². The van der Waals surface area contributed by atoms with Crippen molar-refractivity contribution >= 4 is 6.09 Å². The van der Waals surface area contributed by atoms with Gasteiger partial charge >= 0.3 is 6.09 Å². The number of hydrogen-bond acceptors (Lipinski definition) is 4. The molecule has 1 rings (SSSR count). The third-order valence-corrected chi connectivity index (χ3v) is 3.44. The maximum absolute atomic E-state index is 11.7. The van der Waals surface area contributed by atoms with Crippen molar-refractivity contribution in [2.24, 2.45) is 5.92 Å². The number of carbonyl (C=O) groups is 1. The first kappa shape index (κ1) is 17.2. The summed E-state index contributed by atoms with van der Waals surface area (Å²) >= 11 is 0. The van der Waals surface area contributed by atoms with Crippen LogP contribution in [-0.4, -0.2) is 56.4 Å². The van der Waals surface area contributed by atoms with Crippen LogP contribution in [0.1, 0.15) is 40.0 Å². The Bertz CT molecular complexity index is 283. The topological polar surface area (TPSA) is 53.6 Å². The van der Waals surface area contributed by atoms with Gasteiger partial charge < -0.3 is 20.3 Å². The van der Waals surface area contributed by atoms with Gasteiger partial charge in [-0.1, -0.05) is 0 Å². The molecule has 118 valence electrons. The third kappa shape index (κ3) is 7.70. The Morgan fingerprint density at radius 2 is 2.00 bits per heavy atom. The monoisotopic (exact) mass is 285 g/mol. The van der Waals surface area contributed by atoms with Crippen LogP contribution in [0.2, 0.25) is 0 Å². The Hall–Kier alpha value is -0.810. The molecule has 5 nitrogen and oxygen atoms in total. The van der Waals surface area contributed by atoms with Gasteiger partial charge in [0.1, 0.15) is 5.60 Å². The van der Waals surface area contributed by atoms with Crippen LogP contribution in [0.25, 0.3) is 0 Å². The Morgan fingerprint density at radius 3 is 2.60 bits per heavy atom. The van der Waals surface area contributed by atoms with Crippen LogP contribution in [0.4, 0.5) is 4.79 Å². The minimum absolute atomic E-state index is 0.240. The molecule has 0 aromatic heterocycles. The Labute approximate surface area is 123 Å². The summed E-state index contributed by atoms with van der Waals surface area (Å²) in [7, 11) is 1.79. The normalized spacial score (nSPS) is 17.0. The zero-order chi connectivity index (χ0) is 15.0. The molecule has 20 heavy (non-hydrogen) atoms. The molecule has 1 aliphatic rings. The van der Waals surface area contributed by atoms with Gasteiger partial charge in [-0.2, -0.15) is 0 Å². The lowest BCUT2D eigenvalue weighted by molar-refractivity contribution is 0.0297. The van der Waals surface area contributed by atoms with Crippen molar-refractivity contribution in [3.05, 3.63) is 0 Å². The number of piperidine rings is 1. The molecular weight excluding hydrogens is 254 g/mol. The van der Waals surface area contributed by atoms with Gasteiger partial charge in [-0.15, -0.1) is 0 Å². The van der Waals surface area contributed by atoms with Gasteiger partial charge in [-0.05, 0) is 72.1 Å². The molecule has 1 amide bonds. The van der Waals surface area contributed by atoms with Crippen LogP contribution in [0.3, 0.4) is 0 Å². The van der Waals surface area contributed by atoms with Crippen LogP contribution < -0.4 is 10.6 Å². The van der Waals surface area contributed by atoms with E-state index in [1.54, 1.807) is 11.9 Å². The number of ether oxygens (including phenoxy) is 1. The number of amides is 1. The second-order valence-electron chi connectivity index (χ2n) is 6.65. The SMILES string of the molecule is CN(CCCNCC1CCNCC1)C(=O)OC(C)(C)C. The molecule has 2 N–H and O–H groups in total. The molecule has 0 saturated carbocycles. The van der Waals surface area contributed by atoms with E-state index in [1.165, 1.54) is 12.8 Å². The summed E-state index contributed by atoms with van der Waals surface area (Å²) < 4.78 is 5.31. The summed E-state index contributed by atoms with van der Waals surface area (Å²) in [5, 5.41) is 6.87. The van der Waals surface area contributed by atoms with Crippen molar-refractivity contribution in [1.29, 1.82) is 0 Å². The zero-order valence-electron chi connectivity index (χ0n) is 13.5. The molecule has 1 heterocycles. The molecule has 0 atom stereocenters. The van der Waals surface area contributed by atoms with Gasteiger partial charge in [0.25, 0.3) is 0 Å². The minimum atomic E-state index is -0.418. The molecule has 0 radical (unpaired) electrons. The van der Waals surface area contributed by atoms with E-state index in [2.05, 4.69) is 10.6 Å². The van der Waals surface area contributed by atoms with E-state index in [1.807, 2.05) is 20.8 Å². The highest BCUT2D eigenvalue weighted by Crippen LogP contribution is 2.10. The van der Waals surface area contributed by atoms with E-state index >= 15 is 0 Å². The number of nitrogens with zero attached hydrogens (tertiary/aromatic N) is 1. The van der Waals surface area contributed by atoms with Gasteiger partial charge in [0.2, 0.25) is 0 Å². The average Bonchev–Trinajstić information content (AvgIpc) is 2.37. The van der Waals surface area contributed by atoms with Crippen molar-refractivity contribution in [2.45, 2.75) is 45.6 Å². The molecule has 1 aliphatic heterocycles. The van der Waals surface area contributed by atoms with Gasteiger partial charge in [0.05, 0.1) is 0 Å². The molecule has 5 heteroatoms. The van der Waals surface area contributed by atoms with Gasteiger partial charge in [0, 0.05) is 13.6 Å². The van der Waals surface area contributed by atoms with Crippen molar-refractivity contribution in [3.63, 3.8) is 0 Å². The molecule has 0 aromatic carbocycles. The highest BCUT2D eigenvalue weighted by Gasteiger charge is 2.19. The van der Waals surface area contributed by atoms with Gasteiger partial charge in [0.15, 0.2) is 0 Å². The Kier molecular flexibility index (Phi) is 7.30. The lowest BCUT2D eigenvalue weighted by atomic mass is 9.98. The molecule has 1 fully saturated rings. The van der Waals surface area contributed by atoms with Gasteiger partial charge in [-0.3, -0.25) is 0 Å². The molecule has 0 unspecified atom stereocenters. The average molecular weight is 285 g/mol. The number of nitrogens with one attached hydrogen (secondary N) is 2. The van der Waals surface area contributed by atoms with E-state index in [4.69, 9.17) is 4.74 Å². The van der Waals surface area contributed by atoms with E-state index in [0.717, 1.165) is 45.1 Å². The second-order valence-corrected chi connectivity index (χ2v) is 6.65. The fraction of sp³-hybridized carbons (Fsp3) is 0.933. The number of rotatable bonds is 6. The van der Waals surface area contributed by atoms with Crippen molar-refractivity contribution in [3.8, 4) is 0 Å². The summed E-state index contributed by atoms with van der Waals surface area (Å²) in [6.45, 7) is 10.7. The van der Waals surface area contributed by atoms with Crippen LogP contribution in [-0.2, 0) is 4.74 Å². The summed E-state index contributed by atoms with van der Waals surface area (Å²) in [4.78, 5) is 13.4. The molecular formula is C15H31N3O2. The molecule has 1 saturated heterocycles. The van der Waals surface area contributed by atoms with Crippen LogP contribution in [0.15, 0.2) is 0 Å². The number of carbonyl (C=O) groups excluding carboxylic acids is 1. The van der Waals surface area contributed by atoms with Crippen LogP contribution in [0, 0.1) is 5.92 Å². The predicted octanol–water partition coefficient (Wildman–Crippen LogP) is 1.83. The van der Waals surface area contributed by atoms with E-state index in [0.29, 0.717) is 0 Å². The second kappa shape index (κ2) is 8.47. The molecule has 0 bridgehead atoms. The largest absolute Gasteiger partial charge is 0.444 e. The molecule has 0 aliphatic carbocycles. The quantitative estimate of drug-likeness (QED) is 0.731. The highest BCUT2D eigenvalue weighted by atomic mass is 16.6. The lowest BCUT2D eigenvalue weighted by Gasteiger charge is -2.25. The first-order valence-electron chi connectivity index (χ1n) is 7.74. The maximum Gasteiger partial charge on any atom is 0.410 e. The number of hydrogen-bond donors (Lipinski definition) is 2. The fourth-order valence-electron chi connectivity index (χ4n) is 2.26. The van der Waals surface area contributed by atoms with Crippen LogP contribution in [0.5, 0.6) is 0 Å². The zero-order valence-corrected chi connectivity index (χ0v) is 13.5.